The standard InChI is InChI=1S/C20H34O2/c1-12(2)14-7-6-13(3)17-15(14)8-10-19(4)16(21)9-11-20(5,22)18(17)19/h6,12,14-18,21-22H,7-11H2,1-5H3. The van der Waals surface area contributed by atoms with E-state index in [9.17, 15) is 10.2 Å². The third kappa shape index (κ3) is 2.29. The van der Waals surface area contributed by atoms with E-state index in [2.05, 4.69) is 33.8 Å². The van der Waals surface area contributed by atoms with E-state index in [1.807, 2.05) is 6.92 Å². The lowest BCUT2D eigenvalue weighted by Gasteiger charge is -2.62. The molecule has 0 heterocycles. The molecule has 0 bridgehead atoms. The molecule has 0 saturated heterocycles. The minimum Gasteiger partial charge on any atom is -0.393 e. The van der Waals surface area contributed by atoms with Crippen LogP contribution in [0.15, 0.2) is 11.6 Å². The number of fused-ring (bicyclic) bond motifs is 3. The van der Waals surface area contributed by atoms with Crippen LogP contribution in [0.3, 0.4) is 0 Å². The third-order valence-electron chi connectivity index (χ3n) is 7.55. The molecule has 0 amide bonds. The molecular weight excluding hydrogens is 272 g/mol. The van der Waals surface area contributed by atoms with E-state index in [4.69, 9.17) is 0 Å². The van der Waals surface area contributed by atoms with Gasteiger partial charge in [0.2, 0.25) is 0 Å². The van der Waals surface area contributed by atoms with Crippen LogP contribution in [0.4, 0.5) is 0 Å². The Morgan fingerprint density at radius 3 is 2.50 bits per heavy atom. The second-order valence-electron chi connectivity index (χ2n) is 9.22. The summed E-state index contributed by atoms with van der Waals surface area (Å²) in [5.74, 6) is 2.75. The Balaban J connectivity index is 2.05. The number of allylic oxidation sites excluding steroid dienone is 2. The Hall–Kier alpha value is -0.340. The van der Waals surface area contributed by atoms with Crippen molar-refractivity contribution in [1.82, 2.24) is 0 Å². The summed E-state index contributed by atoms with van der Waals surface area (Å²) in [4.78, 5) is 0. The summed E-state index contributed by atoms with van der Waals surface area (Å²) >= 11 is 0. The summed E-state index contributed by atoms with van der Waals surface area (Å²) in [7, 11) is 0. The first-order valence-corrected chi connectivity index (χ1v) is 9.25. The minimum absolute atomic E-state index is 0.128. The molecule has 2 saturated carbocycles. The summed E-state index contributed by atoms with van der Waals surface area (Å²) in [5.41, 5.74) is 0.689. The van der Waals surface area contributed by atoms with Crippen LogP contribution < -0.4 is 0 Å². The van der Waals surface area contributed by atoms with Gasteiger partial charge in [0.15, 0.2) is 0 Å². The molecule has 2 nitrogen and oxygen atoms in total. The quantitative estimate of drug-likeness (QED) is 0.714. The third-order valence-corrected chi connectivity index (χ3v) is 7.55. The number of aliphatic hydroxyl groups excluding tert-OH is 1. The highest BCUT2D eigenvalue weighted by Gasteiger charge is 2.60. The highest BCUT2D eigenvalue weighted by molar-refractivity contribution is 5.21. The first-order chi connectivity index (χ1) is 10.2. The number of hydrogen-bond donors (Lipinski definition) is 2. The normalized spacial score (nSPS) is 52.0. The summed E-state index contributed by atoms with van der Waals surface area (Å²) < 4.78 is 0. The van der Waals surface area contributed by atoms with Crippen molar-refractivity contribution in [1.29, 1.82) is 0 Å². The van der Waals surface area contributed by atoms with Gasteiger partial charge in [0.05, 0.1) is 11.7 Å². The van der Waals surface area contributed by atoms with Gasteiger partial charge in [0.1, 0.15) is 0 Å². The Morgan fingerprint density at radius 1 is 1.18 bits per heavy atom. The van der Waals surface area contributed by atoms with Gasteiger partial charge in [-0.25, -0.2) is 0 Å². The number of rotatable bonds is 1. The van der Waals surface area contributed by atoms with Crippen LogP contribution >= 0.6 is 0 Å². The maximum Gasteiger partial charge on any atom is 0.0660 e. The Kier molecular flexibility index (Phi) is 4.01. The summed E-state index contributed by atoms with van der Waals surface area (Å²) in [5, 5.41) is 21.9. The molecule has 0 aliphatic heterocycles. The van der Waals surface area contributed by atoms with E-state index in [0.29, 0.717) is 17.8 Å². The van der Waals surface area contributed by atoms with Crippen molar-refractivity contribution >= 4 is 0 Å². The Morgan fingerprint density at radius 2 is 1.86 bits per heavy atom. The highest BCUT2D eigenvalue weighted by atomic mass is 16.3. The van der Waals surface area contributed by atoms with E-state index in [1.54, 1.807) is 0 Å². The molecule has 3 aliphatic carbocycles. The van der Waals surface area contributed by atoms with E-state index in [0.717, 1.165) is 25.2 Å². The second-order valence-corrected chi connectivity index (χ2v) is 9.22. The predicted octanol–water partition coefficient (Wildman–Crippen LogP) is 4.16. The number of hydrogen-bond acceptors (Lipinski definition) is 2. The van der Waals surface area contributed by atoms with Crippen molar-refractivity contribution in [2.24, 2.45) is 35.0 Å². The van der Waals surface area contributed by atoms with E-state index in [1.165, 1.54) is 18.4 Å². The molecule has 22 heavy (non-hydrogen) atoms. The maximum absolute atomic E-state index is 11.2. The van der Waals surface area contributed by atoms with Crippen molar-refractivity contribution in [3.8, 4) is 0 Å². The molecule has 2 fully saturated rings. The lowest BCUT2D eigenvalue weighted by molar-refractivity contribution is -0.198. The predicted molar refractivity (Wildman–Crippen MR) is 90.4 cm³/mol. The Bertz CT molecular complexity index is 464. The van der Waals surface area contributed by atoms with Crippen LogP contribution in [0, 0.1) is 35.0 Å². The van der Waals surface area contributed by atoms with Crippen LogP contribution in [0.5, 0.6) is 0 Å². The van der Waals surface area contributed by atoms with E-state index >= 15 is 0 Å². The first kappa shape index (κ1) is 16.5. The smallest absolute Gasteiger partial charge is 0.0660 e. The molecule has 0 spiro atoms. The topological polar surface area (TPSA) is 40.5 Å². The lowest BCUT2D eigenvalue weighted by atomic mass is 9.45. The van der Waals surface area contributed by atoms with Crippen LogP contribution in [0.1, 0.15) is 66.7 Å². The molecule has 7 unspecified atom stereocenters. The molecule has 0 radical (unpaired) electrons. The molecule has 0 aromatic rings. The fourth-order valence-corrected chi connectivity index (χ4v) is 6.34. The van der Waals surface area contributed by atoms with Crippen molar-refractivity contribution in [2.75, 3.05) is 0 Å². The van der Waals surface area contributed by atoms with Gasteiger partial charge in [-0.3, -0.25) is 0 Å². The SMILES string of the molecule is CC1=CCC(C(C)C)C2CCC3(C)C(O)CCC(C)(O)C3C12. The molecule has 0 aromatic heterocycles. The summed E-state index contributed by atoms with van der Waals surface area (Å²) in [6, 6.07) is 0. The van der Waals surface area contributed by atoms with Crippen LogP contribution in [-0.2, 0) is 0 Å². The maximum atomic E-state index is 11.2. The van der Waals surface area contributed by atoms with Crippen LogP contribution in [-0.4, -0.2) is 21.9 Å². The number of aliphatic hydroxyl groups is 2. The van der Waals surface area contributed by atoms with Gasteiger partial charge >= 0.3 is 0 Å². The van der Waals surface area contributed by atoms with Gasteiger partial charge in [-0.2, -0.15) is 0 Å². The largest absolute Gasteiger partial charge is 0.393 e. The fourth-order valence-electron chi connectivity index (χ4n) is 6.34. The highest BCUT2D eigenvalue weighted by Crippen LogP contribution is 2.62. The van der Waals surface area contributed by atoms with Gasteiger partial charge in [0, 0.05) is 5.92 Å². The van der Waals surface area contributed by atoms with Crippen molar-refractivity contribution in [3.05, 3.63) is 11.6 Å². The van der Waals surface area contributed by atoms with Crippen molar-refractivity contribution in [3.63, 3.8) is 0 Å². The van der Waals surface area contributed by atoms with E-state index in [-0.39, 0.29) is 17.4 Å². The zero-order valence-corrected chi connectivity index (χ0v) is 15.0. The fraction of sp³-hybridized carbons (Fsp3) is 0.900. The molecule has 126 valence electrons. The summed E-state index contributed by atoms with van der Waals surface area (Å²) in [6.07, 6.45) is 7.11. The zero-order valence-electron chi connectivity index (χ0n) is 15.0. The molecule has 3 rings (SSSR count). The van der Waals surface area contributed by atoms with Gasteiger partial charge in [0.25, 0.3) is 0 Å². The van der Waals surface area contributed by atoms with Crippen LogP contribution in [0.2, 0.25) is 0 Å². The Labute approximate surface area is 136 Å². The molecule has 2 heteroatoms. The van der Waals surface area contributed by atoms with Gasteiger partial charge in [-0.1, -0.05) is 32.4 Å². The average Bonchev–Trinajstić information content (AvgIpc) is 2.43. The van der Waals surface area contributed by atoms with Gasteiger partial charge in [-0.05, 0) is 75.0 Å². The zero-order chi connectivity index (χ0) is 16.3. The van der Waals surface area contributed by atoms with Crippen molar-refractivity contribution in [2.45, 2.75) is 78.4 Å². The minimum atomic E-state index is -0.648. The first-order valence-electron chi connectivity index (χ1n) is 9.25. The molecule has 2 N–H and O–H groups in total. The van der Waals surface area contributed by atoms with Crippen LogP contribution in [0.25, 0.3) is 0 Å². The average molecular weight is 306 g/mol. The second kappa shape index (κ2) is 5.34. The molecular formula is C20H34O2. The molecule has 0 aromatic carbocycles. The van der Waals surface area contributed by atoms with Crippen molar-refractivity contribution < 1.29 is 10.2 Å². The lowest BCUT2D eigenvalue weighted by Crippen LogP contribution is -2.62. The van der Waals surface area contributed by atoms with Gasteiger partial charge in [-0.15, -0.1) is 0 Å². The van der Waals surface area contributed by atoms with E-state index < -0.39 is 5.60 Å². The molecule has 3 aliphatic rings. The summed E-state index contributed by atoms with van der Waals surface area (Å²) in [6.45, 7) is 11.2. The van der Waals surface area contributed by atoms with Gasteiger partial charge < -0.3 is 10.2 Å². The molecule has 7 atom stereocenters. The monoisotopic (exact) mass is 306 g/mol.